The van der Waals surface area contributed by atoms with Crippen LogP contribution in [0.5, 0.6) is 11.5 Å². The molecule has 0 radical (unpaired) electrons. The standard InChI is InChI=1S/2C17H11O4S.Ni/c2*18-17(12-6-2-1-3-7-12)21-15-10-11-16(22(19)20)14-9-5-4-8-13(14)15;/h2*1-11H;/q2*-1;+2. The van der Waals surface area contributed by atoms with Gasteiger partial charge >= 0.3 is 28.4 Å². The van der Waals surface area contributed by atoms with Crippen LogP contribution in [0.3, 0.4) is 0 Å². The van der Waals surface area contributed by atoms with Gasteiger partial charge in [-0.3, -0.25) is 0 Å². The van der Waals surface area contributed by atoms with Gasteiger partial charge in [0, 0.05) is 10.8 Å². The van der Waals surface area contributed by atoms with Crippen LogP contribution in [0, 0.1) is 0 Å². The van der Waals surface area contributed by atoms with Gasteiger partial charge in [0.25, 0.3) is 0 Å². The third-order valence-corrected chi connectivity index (χ3v) is 7.90. The molecule has 0 fully saturated rings. The van der Waals surface area contributed by atoms with Crippen molar-refractivity contribution < 1.29 is 52.4 Å². The fourth-order valence-electron chi connectivity index (χ4n) is 4.42. The molecule has 0 spiro atoms. The van der Waals surface area contributed by atoms with Crippen molar-refractivity contribution in [3.05, 3.63) is 145 Å². The molecule has 228 valence electrons. The first-order valence-electron chi connectivity index (χ1n) is 13.1. The average molecular weight is 681 g/mol. The summed E-state index contributed by atoms with van der Waals surface area (Å²) >= 11 is 0. The molecule has 0 saturated carbocycles. The third kappa shape index (κ3) is 7.83. The first kappa shape index (κ1) is 33.1. The van der Waals surface area contributed by atoms with Crippen LogP contribution < -0.4 is 9.47 Å². The molecule has 0 heterocycles. The molecule has 6 aromatic rings. The molecule has 6 rings (SSSR count). The SMILES string of the molecule is O=C(Oc1ccc([S-](=O)=O)c2ccccc12)c1ccccc1.O=C(Oc1ccc([S-](=O)=O)c2ccccc12)c1ccccc1.[Ni+2]. The van der Waals surface area contributed by atoms with Crippen molar-refractivity contribution in [3.8, 4) is 11.5 Å². The largest absolute Gasteiger partial charge is 2.00 e. The molecule has 0 bridgehead atoms. The van der Waals surface area contributed by atoms with Crippen LogP contribution in [0.1, 0.15) is 20.7 Å². The molecule has 11 heteroatoms. The summed E-state index contributed by atoms with van der Waals surface area (Å²) in [5.41, 5.74) is 0.867. The predicted octanol–water partition coefficient (Wildman–Crippen LogP) is 7.45. The maximum absolute atomic E-state index is 12.1. The number of ether oxygens (including phenoxy) is 2. The number of fused-ring (bicyclic) bond motifs is 2. The van der Waals surface area contributed by atoms with Gasteiger partial charge in [-0.2, -0.15) is 0 Å². The number of hydrogen-bond donors (Lipinski definition) is 0. The average Bonchev–Trinajstić information content (AvgIpc) is 3.06. The Balaban J connectivity index is 0.000000200. The molecule has 0 N–H and O–H groups in total. The molecule has 8 nitrogen and oxygen atoms in total. The number of carbonyl (C=O) groups is 2. The minimum Gasteiger partial charge on any atom is -0.422 e. The molecule has 0 amide bonds. The molecule has 0 aliphatic carbocycles. The van der Waals surface area contributed by atoms with Crippen LogP contribution in [-0.2, 0) is 54.7 Å². The minimum atomic E-state index is -2.35. The molecule has 0 aliphatic heterocycles. The summed E-state index contributed by atoms with van der Waals surface area (Å²) in [6.07, 6.45) is 0. The maximum Gasteiger partial charge on any atom is 2.00 e. The van der Waals surface area contributed by atoms with Crippen molar-refractivity contribution in [3.63, 3.8) is 0 Å². The molecule has 45 heavy (non-hydrogen) atoms. The molecule has 0 aliphatic rings. The zero-order valence-corrected chi connectivity index (χ0v) is 25.7. The zero-order chi connectivity index (χ0) is 31.1. The van der Waals surface area contributed by atoms with Gasteiger partial charge in [-0.25, -0.2) is 9.59 Å². The van der Waals surface area contributed by atoms with Crippen LogP contribution >= 0.6 is 0 Å². The molecule has 0 saturated heterocycles. The van der Waals surface area contributed by atoms with Gasteiger partial charge in [-0.1, -0.05) is 107 Å². The molecular weight excluding hydrogens is 659 g/mol. The third-order valence-electron chi connectivity index (χ3n) is 6.47. The van der Waals surface area contributed by atoms with E-state index in [1.807, 2.05) is 12.1 Å². The number of carbonyl (C=O) groups excluding carboxylic acids is 2. The topological polar surface area (TPSA) is 121 Å². The molecular formula is C34H22NiO8S2. The monoisotopic (exact) mass is 680 g/mol. The van der Waals surface area contributed by atoms with Crippen molar-refractivity contribution in [2.75, 3.05) is 0 Å². The fraction of sp³-hybridized carbons (Fsp3) is 0. The van der Waals surface area contributed by atoms with Crippen molar-refractivity contribution in [2.24, 2.45) is 0 Å². The van der Waals surface area contributed by atoms with E-state index in [4.69, 9.17) is 9.47 Å². The predicted molar refractivity (Wildman–Crippen MR) is 165 cm³/mol. The second-order valence-corrected chi connectivity index (χ2v) is 11.0. The Hall–Kier alpha value is -4.83. The van der Waals surface area contributed by atoms with E-state index in [9.17, 15) is 26.4 Å². The summed E-state index contributed by atoms with van der Waals surface area (Å²) in [6.45, 7) is 0. The Morgan fingerprint density at radius 3 is 1.04 bits per heavy atom. The van der Waals surface area contributed by atoms with Gasteiger partial charge in [-0.15, -0.1) is 0 Å². The fourth-order valence-corrected chi connectivity index (χ4v) is 5.50. The Morgan fingerprint density at radius 1 is 0.400 bits per heavy atom. The zero-order valence-electron chi connectivity index (χ0n) is 23.1. The minimum absolute atomic E-state index is 0. The Labute approximate surface area is 272 Å². The van der Waals surface area contributed by atoms with Crippen LogP contribution in [0.15, 0.2) is 143 Å². The van der Waals surface area contributed by atoms with Crippen molar-refractivity contribution in [1.29, 1.82) is 0 Å². The van der Waals surface area contributed by atoms with E-state index >= 15 is 0 Å². The van der Waals surface area contributed by atoms with Crippen LogP contribution in [-0.4, -0.2) is 11.9 Å². The van der Waals surface area contributed by atoms with E-state index in [1.54, 1.807) is 97.1 Å². The van der Waals surface area contributed by atoms with E-state index in [0.29, 0.717) is 44.2 Å². The number of rotatable bonds is 6. The van der Waals surface area contributed by atoms with E-state index in [1.165, 1.54) is 24.3 Å². The summed E-state index contributed by atoms with van der Waals surface area (Å²) in [5, 5.41) is 2.20. The van der Waals surface area contributed by atoms with Crippen LogP contribution in [0.4, 0.5) is 0 Å². The van der Waals surface area contributed by atoms with Gasteiger partial charge in [0.2, 0.25) is 0 Å². The maximum atomic E-state index is 12.1. The number of esters is 2. The van der Waals surface area contributed by atoms with E-state index < -0.39 is 33.3 Å². The molecule has 0 unspecified atom stereocenters. The van der Waals surface area contributed by atoms with E-state index in [0.717, 1.165) is 0 Å². The van der Waals surface area contributed by atoms with Crippen molar-refractivity contribution in [1.82, 2.24) is 0 Å². The van der Waals surface area contributed by atoms with Crippen LogP contribution in [0.2, 0.25) is 0 Å². The first-order chi connectivity index (χ1) is 21.3. The van der Waals surface area contributed by atoms with E-state index in [-0.39, 0.29) is 26.3 Å². The van der Waals surface area contributed by atoms with Crippen molar-refractivity contribution >= 4 is 54.9 Å². The van der Waals surface area contributed by atoms with Gasteiger partial charge in [0.05, 0.1) is 11.1 Å². The van der Waals surface area contributed by atoms with E-state index in [2.05, 4.69) is 0 Å². The normalized spacial score (nSPS) is 10.5. The molecule has 0 aromatic heterocycles. The summed E-state index contributed by atoms with van der Waals surface area (Å²) in [7, 11) is -4.70. The first-order valence-corrected chi connectivity index (χ1v) is 15.2. The smallest absolute Gasteiger partial charge is 0.422 e. The Morgan fingerprint density at radius 2 is 0.711 bits per heavy atom. The summed E-state index contributed by atoms with van der Waals surface area (Å²) in [4.78, 5) is 24.6. The number of hydrogen-bond acceptors (Lipinski definition) is 10. The quantitative estimate of drug-likeness (QED) is 0.0770. The second kappa shape index (κ2) is 15.3. The van der Waals surface area contributed by atoms with Gasteiger partial charge in [-0.05, 0) is 68.6 Å². The summed E-state index contributed by atoms with van der Waals surface area (Å²) in [6, 6.07) is 36.9. The number of benzene rings is 6. The van der Waals surface area contributed by atoms with Crippen LogP contribution in [0.25, 0.3) is 21.5 Å². The Kier molecular flexibility index (Phi) is 11.2. The van der Waals surface area contributed by atoms with Gasteiger partial charge in [0.1, 0.15) is 11.5 Å². The summed E-state index contributed by atoms with van der Waals surface area (Å²) in [5.74, 6) is -0.305. The molecule has 0 atom stereocenters. The second-order valence-electron chi connectivity index (χ2n) is 9.20. The van der Waals surface area contributed by atoms with Gasteiger partial charge in [0.15, 0.2) is 0 Å². The molecule has 6 aromatic carbocycles. The Bertz CT molecular complexity index is 1970. The summed E-state index contributed by atoms with van der Waals surface area (Å²) < 4.78 is 55.9. The van der Waals surface area contributed by atoms with Crippen molar-refractivity contribution in [2.45, 2.75) is 9.79 Å². The van der Waals surface area contributed by atoms with Gasteiger partial charge < -0.3 is 26.3 Å².